The number of β-amino-alcohol motifs (C(OH)–C–C–N with tert-alkyl or cyclic N) is 1. The van der Waals surface area contributed by atoms with E-state index in [0.717, 1.165) is 18.5 Å². The number of aryl methyl sites for hydroxylation is 1. The fraction of sp³-hybridized carbons (Fsp3) is 0.368. The number of amides is 1. The summed E-state index contributed by atoms with van der Waals surface area (Å²) in [5.41, 5.74) is 1.67. The molecule has 0 aliphatic carbocycles. The lowest BCUT2D eigenvalue weighted by Gasteiger charge is -2.36. The second kappa shape index (κ2) is 7.01. The van der Waals surface area contributed by atoms with E-state index < -0.39 is 6.10 Å². The molecule has 0 radical (unpaired) electrons. The summed E-state index contributed by atoms with van der Waals surface area (Å²) in [6.45, 7) is 2.60. The van der Waals surface area contributed by atoms with E-state index in [1.54, 1.807) is 24.0 Å². The van der Waals surface area contributed by atoms with E-state index in [1.807, 2.05) is 18.2 Å². The lowest BCUT2D eigenvalue weighted by molar-refractivity contribution is 0.0197. The molecule has 5 nitrogen and oxygen atoms in total. The molecule has 0 unspecified atom stereocenters. The van der Waals surface area contributed by atoms with Gasteiger partial charge in [-0.3, -0.25) is 9.59 Å². The molecular weight excluding hydrogens is 304 g/mol. The van der Waals surface area contributed by atoms with Crippen molar-refractivity contribution in [3.8, 4) is 0 Å². The molecule has 126 valence electrons. The van der Waals surface area contributed by atoms with Crippen LogP contribution in [0.5, 0.6) is 0 Å². The van der Waals surface area contributed by atoms with Crippen LogP contribution >= 0.6 is 0 Å². The fourth-order valence-electron chi connectivity index (χ4n) is 3.23. The number of H-pyrrole nitrogens is 1. The van der Waals surface area contributed by atoms with E-state index in [4.69, 9.17) is 0 Å². The molecule has 3 rings (SSSR count). The Morgan fingerprint density at radius 2 is 2.00 bits per heavy atom. The molecule has 2 atom stereocenters. The van der Waals surface area contributed by atoms with Gasteiger partial charge in [-0.15, -0.1) is 0 Å². The molecule has 1 aromatic carbocycles. The number of likely N-dealkylation sites (tertiary alicyclic amines) is 1. The summed E-state index contributed by atoms with van der Waals surface area (Å²) in [5, 5.41) is 10.4. The molecule has 1 aliphatic rings. The van der Waals surface area contributed by atoms with E-state index in [1.165, 1.54) is 5.56 Å². The van der Waals surface area contributed by atoms with Gasteiger partial charge in [0, 0.05) is 18.8 Å². The first kappa shape index (κ1) is 16.5. The van der Waals surface area contributed by atoms with Crippen molar-refractivity contribution in [1.82, 2.24) is 9.88 Å². The number of carbonyl (C=O) groups is 1. The Labute approximate surface area is 140 Å². The van der Waals surface area contributed by atoms with Crippen LogP contribution in [0.1, 0.15) is 28.0 Å². The number of aliphatic hydroxyl groups is 1. The van der Waals surface area contributed by atoms with Crippen LogP contribution < -0.4 is 5.56 Å². The highest BCUT2D eigenvalue weighted by Gasteiger charge is 2.31. The van der Waals surface area contributed by atoms with E-state index in [2.05, 4.69) is 17.1 Å². The summed E-state index contributed by atoms with van der Waals surface area (Å²) in [6, 6.07) is 13.3. The number of carbonyl (C=O) groups excluding carboxylic acids is 1. The highest BCUT2D eigenvalue weighted by Crippen LogP contribution is 2.23. The van der Waals surface area contributed by atoms with Crippen molar-refractivity contribution in [3.63, 3.8) is 0 Å². The van der Waals surface area contributed by atoms with Crippen LogP contribution in [-0.4, -0.2) is 40.1 Å². The minimum atomic E-state index is -0.576. The number of hydrogen-bond acceptors (Lipinski definition) is 3. The van der Waals surface area contributed by atoms with Crippen LogP contribution in [0, 0.1) is 12.8 Å². The van der Waals surface area contributed by atoms with Gasteiger partial charge >= 0.3 is 0 Å². The highest BCUT2D eigenvalue weighted by atomic mass is 16.3. The van der Waals surface area contributed by atoms with Gasteiger partial charge in [0.15, 0.2) is 0 Å². The summed E-state index contributed by atoms with van der Waals surface area (Å²) in [4.78, 5) is 28.7. The molecule has 2 N–H and O–H groups in total. The Balaban J connectivity index is 1.66. The number of nitrogens with zero attached hydrogens (tertiary/aromatic N) is 1. The number of benzene rings is 1. The minimum Gasteiger partial charge on any atom is -0.391 e. The van der Waals surface area contributed by atoms with Crippen LogP contribution in [0.25, 0.3) is 0 Å². The van der Waals surface area contributed by atoms with Crippen molar-refractivity contribution >= 4 is 5.91 Å². The minimum absolute atomic E-state index is 0.132. The number of aromatic amines is 1. The zero-order chi connectivity index (χ0) is 17.1. The molecule has 5 heteroatoms. The van der Waals surface area contributed by atoms with Gasteiger partial charge in [-0.25, -0.2) is 0 Å². The quantitative estimate of drug-likeness (QED) is 0.902. The molecule has 2 heterocycles. The zero-order valence-electron chi connectivity index (χ0n) is 13.7. The van der Waals surface area contributed by atoms with Crippen molar-refractivity contribution < 1.29 is 9.90 Å². The van der Waals surface area contributed by atoms with Crippen LogP contribution in [-0.2, 0) is 6.42 Å². The average molecular weight is 326 g/mol. The first-order chi connectivity index (χ1) is 11.5. The number of aromatic nitrogens is 1. The summed E-state index contributed by atoms with van der Waals surface area (Å²) >= 11 is 0. The fourth-order valence-corrected chi connectivity index (χ4v) is 3.23. The van der Waals surface area contributed by atoms with Crippen molar-refractivity contribution in [2.24, 2.45) is 5.92 Å². The predicted octanol–water partition coefficient (Wildman–Crippen LogP) is 1.75. The lowest BCUT2D eigenvalue weighted by atomic mass is 9.87. The number of rotatable bonds is 3. The first-order valence-electron chi connectivity index (χ1n) is 8.26. The molecule has 0 saturated carbocycles. The monoisotopic (exact) mass is 326 g/mol. The molecule has 0 bridgehead atoms. The SMILES string of the molecule is Cc1ccc(C(=O)N2CC[C@H](Cc3ccccc3)[C@@H](O)C2)c(=O)[nH]1. The van der Waals surface area contributed by atoms with Gasteiger partial charge in [-0.1, -0.05) is 30.3 Å². The standard InChI is InChI=1S/C19H22N2O3/c1-13-7-8-16(18(23)20-13)19(24)21-10-9-15(17(22)12-21)11-14-5-3-2-4-6-14/h2-8,15,17,22H,9-12H2,1H3,(H,20,23)/t15-,17+/m1/s1. The van der Waals surface area contributed by atoms with Gasteiger partial charge in [0.2, 0.25) is 0 Å². The van der Waals surface area contributed by atoms with Crippen molar-refractivity contribution in [3.05, 3.63) is 69.6 Å². The number of aliphatic hydroxyl groups excluding tert-OH is 1. The third-order valence-corrected chi connectivity index (χ3v) is 4.64. The Bertz CT molecular complexity index is 770. The van der Waals surface area contributed by atoms with E-state index >= 15 is 0 Å². The maximum Gasteiger partial charge on any atom is 0.260 e. The zero-order valence-corrected chi connectivity index (χ0v) is 13.7. The Hall–Kier alpha value is -2.40. The average Bonchev–Trinajstić information content (AvgIpc) is 2.57. The maximum atomic E-state index is 12.5. The molecule has 1 aliphatic heterocycles. The summed E-state index contributed by atoms with van der Waals surface area (Å²) < 4.78 is 0. The van der Waals surface area contributed by atoms with Gasteiger partial charge < -0.3 is 15.0 Å². The van der Waals surface area contributed by atoms with E-state index in [0.29, 0.717) is 6.54 Å². The molecule has 2 aromatic rings. The summed E-state index contributed by atoms with van der Waals surface area (Å²) in [7, 11) is 0. The van der Waals surface area contributed by atoms with Crippen LogP contribution in [0.4, 0.5) is 0 Å². The molecule has 24 heavy (non-hydrogen) atoms. The molecular formula is C19H22N2O3. The first-order valence-corrected chi connectivity index (χ1v) is 8.26. The third-order valence-electron chi connectivity index (χ3n) is 4.64. The molecule has 0 spiro atoms. The van der Waals surface area contributed by atoms with Crippen molar-refractivity contribution in [2.45, 2.75) is 25.9 Å². The van der Waals surface area contributed by atoms with Crippen molar-refractivity contribution in [2.75, 3.05) is 13.1 Å². The van der Waals surface area contributed by atoms with Gasteiger partial charge in [-0.2, -0.15) is 0 Å². The van der Waals surface area contributed by atoms with Crippen LogP contribution in [0.3, 0.4) is 0 Å². The lowest BCUT2D eigenvalue weighted by Crippen LogP contribution is -2.48. The third kappa shape index (κ3) is 3.57. The maximum absolute atomic E-state index is 12.5. The Kier molecular flexibility index (Phi) is 4.81. The molecule has 1 saturated heterocycles. The molecule has 1 fully saturated rings. The Morgan fingerprint density at radius 3 is 2.67 bits per heavy atom. The Morgan fingerprint density at radius 1 is 1.25 bits per heavy atom. The van der Waals surface area contributed by atoms with Crippen LogP contribution in [0.2, 0.25) is 0 Å². The van der Waals surface area contributed by atoms with Gasteiger partial charge in [-0.05, 0) is 43.4 Å². The number of hydrogen-bond donors (Lipinski definition) is 2. The van der Waals surface area contributed by atoms with Gasteiger partial charge in [0.25, 0.3) is 11.5 Å². The topological polar surface area (TPSA) is 73.4 Å². The smallest absolute Gasteiger partial charge is 0.260 e. The summed E-state index contributed by atoms with van der Waals surface area (Å²) in [5.74, 6) is -0.179. The predicted molar refractivity (Wildman–Crippen MR) is 92.0 cm³/mol. The van der Waals surface area contributed by atoms with Gasteiger partial charge in [0.05, 0.1) is 6.10 Å². The van der Waals surface area contributed by atoms with Crippen LogP contribution in [0.15, 0.2) is 47.3 Å². The normalized spacial score (nSPS) is 20.8. The summed E-state index contributed by atoms with van der Waals surface area (Å²) in [6.07, 6.45) is 0.952. The van der Waals surface area contributed by atoms with E-state index in [9.17, 15) is 14.7 Å². The molecule has 1 amide bonds. The second-order valence-electron chi connectivity index (χ2n) is 6.44. The van der Waals surface area contributed by atoms with Crippen molar-refractivity contribution in [1.29, 1.82) is 0 Å². The number of nitrogens with one attached hydrogen (secondary N) is 1. The van der Waals surface area contributed by atoms with E-state index in [-0.39, 0.29) is 29.5 Å². The largest absolute Gasteiger partial charge is 0.391 e. The second-order valence-corrected chi connectivity index (χ2v) is 6.44. The van der Waals surface area contributed by atoms with Gasteiger partial charge in [0.1, 0.15) is 5.56 Å². The number of pyridine rings is 1. The molecule has 1 aromatic heterocycles. The number of piperidine rings is 1. The highest BCUT2D eigenvalue weighted by molar-refractivity contribution is 5.93.